The Kier molecular flexibility index (Phi) is 5.14. The minimum atomic E-state index is -2.62. The molecular weight excluding hydrogens is 298 g/mol. The van der Waals surface area contributed by atoms with Crippen molar-refractivity contribution in [3.05, 3.63) is 48.5 Å². The first-order chi connectivity index (χ1) is 10.7. The largest absolute Gasteiger partial charge is 0.377 e. The summed E-state index contributed by atoms with van der Waals surface area (Å²) in [6, 6.07) is -0.0361. The minimum absolute atomic E-state index is 0.113. The van der Waals surface area contributed by atoms with Crippen LogP contribution in [0.1, 0.15) is 13.3 Å². The summed E-state index contributed by atoms with van der Waals surface area (Å²) in [5.41, 5.74) is 8.12. The molecule has 1 fully saturated rings. The Morgan fingerprint density at radius 3 is 2.78 bits per heavy atom. The van der Waals surface area contributed by atoms with Gasteiger partial charge in [0, 0.05) is 38.0 Å². The van der Waals surface area contributed by atoms with Gasteiger partial charge in [-0.1, -0.05) is 19.2 Å². The van der Waals surface area contributed by atoms with Gasteiger partial charge in [0.25, 0.3) is 5.92 Å². The van der Waals surface area contributed by atoms with Gasteiger partial charge in [0.05, 0.1) is 18.6 Å². The number of hydrogen-bond donors (Lipinski definition) is 2. The van der Waals surface area contributed by atoms with Crippen molar-refractivity contribution in [1.29, 1.82) is 0 Å². The van der Waals surface area contributed by atoms with Crippen molar-refractivity contribution in [3.8, 4) is 0 Å². The van der Waals surface area contributed by atoms with Gasteiger partial charge in [-0.2, -0.15) is 0 Å². The first-order valence-electron chi connectivity index (χ1n) is 7.83. The zero-order valence-corrected chi connectivity index (χ0v) is 13.9. The Morgan fingerprint density at radius 2 is 2.22 bits per heavy atom. The molecule has 6 heteroatoms. The van der Waals surface area contributed by atoms with Gasteiger partial charge in [-0.25, -0.2) is 8.78 Å². The Bertz CT molecular complexity index is 539. The van der Waals surface area contributed by atoms with Gasteiger partial charge in [0.1, 0.15) is 0 Å². The molecule has 0 spiro atoms. The molecule has 0 amide bonds. The van der Waals surface area contributed by atoms with E-state index in [2.05, 4.69) is 24.6 Å². The molecule has 0 radical (unpaired) electrons. The number of likely N-dealkylation sites (N-methyl/N-ethyl adjacent to an activating group) is 1. The van der Waals surface area contributed by atoms with Crippen LogP contribution in [0.4, 0.5) is 8.78 Å². The van der Waals surface area contributed by atoms with Crippen LogP contribution in [-0.4, -0.2) is 54.5 Å². The second-order valence-corrected chi connectivity index (χ2v) is 6.27. The lowest BCUT2D eigenvalue weighted by atomic mass is 10.0. The standard InChI is InChI=1S/C17H26F2N4/c1-12(14(3)23-8-6-17(18,19)11-23)21-13(2)15-5-7-22(4)16(9-15)10-20/h5,7,9,12,16,21H,2-3,6,8,10-11,20H2,1,4H3. The first kappa shape index (κ1) is 17.5. The van der Waals surface area contributed by atoms with Crippen molar-refractivity contribution in [3.63, 3.8) is 0 Å². The number of nitrogens with two attached hydrogens (primary N) is 1. The molecule has 2 aliphatic rings. The van der Waals surface area contributed by atoms with Crippen molar-refractivity contribution < 1.29 is 8.78 Å². The lowest BCUT2D eigenvalue weighted by Gasteiger charge is -2.30. The van der Waals surface area contributed by atoms with Crippen molar-refractivity contribution in [1.82, 2.24) is 15.1 Å². The fourth-order valence-corrected chi connectivity index (χ4v) is 2.81. The third-order valence-electron chi connectivity index (χ3n) is 4.44. The molecule has 0 aromatic heterocycles. The van der Waals surface area contributed by atoms with Crippen LogP contribution in [0.3, 0.4) is 0 Å². The van der Waals surface area contributed by atoms with Gasteiger partial charge < -0.3 is 20.9 Å². The molecule has 4 nitrogen and oxygen atoms in total. The monoisotopic (exact) mass is 324 g/mol. The zero-order chi connectivity index (χ0) is 17.2. The second kappa shape index (κ2) is 6.74. The predicted octanol–water partition coefficient (Wildman–Crippen LogP) is 2.05. The van der Waals surface area contributed by atoms with E-state index in [1.54, 1.807) is 4.90 Å². The molecule has 2 unspecified atom stereocenters. The second-order valence-electron chi connectivity index (χ2n) is 6.27. The Balaban J connectivity index is 1.95. The molecule has 2 heterocycles. The summed E-state index contributed by atoms with van der Waals surface area (Å²) in [4.78, 5) is 3.68. The molecule has 2 aliphatic heterocycles. The number of hydrogen-bond acceptors (Lipinski definition) is 4. The Morgan fingerprint density at radius 1 is 1.52 bits per heavy atom. The predicted molar refractivity (Wildman–Crippen MR) is 89.8 cm³/mol. The minimum Gasteiger partial charge on any atom is -0.377 e. The van der Waals surface area contributed by atoms with E-state index >= 15 is 0 Å². The topological polar surface area (TPSA) is 44.5 Å². The molecular formula is C17H26F2N4. The van der Waals surface area contributed by atoms with Crippen LogP contribution in [0.2, 0.25) is 0 Å². The van der Waals surface area contributed by atoms with Crippen LogP contribution in [0.5, 0.6) is 0 Å². The van der Waals surface area contributed by atoms with Crippen LogP contribution in [0, 0.1) is 0 Å². The van der Waals surface area contributed by atoms with Crippen LogP contribution in [0.25, 0.3) is 0 Å². The lowest BCUT2D eigenvalue weighted by molar-refractivity contribution is 0.0147. The SMILES string of the molecule is C=C(NC(C)C(=C)N1CCC(F)(F)C1)C1=CC(CN)N(C)C=C1. The van der Waals surface area contributed by atoms with Crippen molar-refractivity contribution in [2.75, 3.05) is 26.7 Å². The Labute approximate surface area is 137 Å². The molecule has 0 bridgehead atoms. The van der Waals surface area contributed by atoms with E-state index in [0.717, 1.165) is 11.3 Å². The number of nitrogens with one attached hydrogen (secondary N) is 1. The lowest BCUT2D eigenvalue weighted by Crippen LogP contribution is -2.38. The van der Waals surface area contributed by atoms with E-state index < -0.39 is 5.92 Å². The Hall–Kier alpha value is -1.82. The molecule has 0 saturated carbocycles. The maximum absolute atomic E-state index is 13.3. The van der Waals surface area contributed by atoms with E-state index in [0.29, 0.717) is 18.8 Å². The van der Waals surface area contributed by atoms with Crippen LogP contribution in [-0.2, 0) is 0 Å². The molecule has 0 aromatic rings. The van der Waals surface area contributed by atoms with Gasteiger partial charge in [-0.3, -0.25) is 0 Å². The normalized spacial score (nSPS) is 24.4. The summed E-state index contributed by atoms with van der Waals surface area (Å²) in [7, 11) is 1.97. The summed E-state index contributed by atoms with van der Waals surface area (Å²) in [5, 5.41) is 3.25. The van der Waals surface area contributed by atoms with E-state index in [-0.39, 0.29) is 25.0 Å². The average molecular weight is 324 g/mol. The highest BCUT2D eigenvalue weighted by Crippen LogP contribution is 2.30. The number of alkyl halides is 2. The molecule has 0 aliphatic carbocycles. The van der Waals surface area contributed by atoms with E-state index in [4.69, 9.17) is 5.73 Å². The quantitative estimate of drug-likeness (QED) is 0.785. The number of likely N-dealkylation sites (tertiary alicyclic amines) is 1. The molecule has 128 valence electrons. The fraction of sp³-hybridized carbons (Fsp3) is 0.529. The van der Waals surface area contributed by atoms with E-state index in [9.17, 15) is 8.78 Å². The maximum atomic E-state index is 13.3. The summed E-state index contributed by atoms with van der Waals surface area (Å²) in [5.74, 6) is -2.62. The first-order valence-corrected chi connectivity index (χ1v) is 7.83. The van der Waals surface area contributed by atoms with E-state index in [1.165, 1.54) is 0 Å². The van der Waals surface area contributed by atoms with Crippen molar-refractivity contribution in [2.45, 2.75) is 31.4 Å². The summed E-state index contributed by atoms with van der Waals surface area (Å²) < 4.78 is 26.7. The maximum Gasteiger partial charge on any atom is 0.266 e. The number of rotatable bonds is 6. The average Bonchev–Trinajstić information content (AvgIpc) is 2.86. The van der Waals surface area contributed by atoms with Gasteiger partial charge >= 0.3 is 0 Å². The third kappa shape index (κ3) is 4.13. The highest BCUT2D eigenvalue weighted by Gasteiger charge is 2.39. The molecule has 23 heavy (non-hydrogen) atoms. The van der Waals surface area contributed by atoms with Gasteiger partial charge in [0.2, 0.25) is 0 Å². The molecule has 0 aromatic carbocycles. The molecule has 3 N–H and O–H groups in total. The fourth-order valence-electron chi connectivity index (χ4n) is 2.81. The summed E-state index contributed by atoms with van der Waals surface area (Å²) in [6.07, 6.45) is 5.86. The zero-order valence-electron chi connectivity index (χ0n) is 13.9. The van der Waals surface area contributed by atoms with Crippen molar-refractivity contribution in [2.24, 2.45) is 5.73 Å². The van der Waals surface area contributed by atoms with Crippen LogP contribution < -0.4 is 11.1 Å². The highest BCUT2D eigenvalue weighted by atomic mass is 19.3. The highest BCUT2D eigenvalue weighted by molar-refractivity contribution is 5.40. The number of halogens is 2. The number of allylic oxidation sites excluding steroid dienone is 1. The molecule has 1 saturated heterocycles. The third-order valence-corrected chi connectivity index (χ3v) is 4.44. The smallest absolute Gasteiger partial charge is 0.266 e. The summed E-state index contributed by atoms with van der Waals surface area (Å²) in [6.45, 7) is 10.5. The van der Waals surface area contributed by atoms with Crippen LogP contribution in [0.15, 0.2) is 48.5 Å². The van der Waals surface area contributed by atoms with Gasteiger partial charge in [-0.15, -0.1) is 0 Å². The summed E-state index contributed by atoms with van der Waals surface area (Å²) >= 11 is 0. The van der Waals surface area contributed by atoms with Gasteiger partial charge in [-0.05, 0) is 24.8 Å². The number of nitrogens with zero attached hydrogens (tertiary/aromatic N) is 2. The molecule has 2 rings (SSSR count). The van der Waals surface area contributed by atoms with Crippen molar-refractivity contribution >= 4 is 0 Å². The van der Waals surface area contributed by atoms with Crippen LogP contribution >= 0.6 is 0 Å². The van der Waals surface area contributed by atoms with Gasteiger partial charge in [0.15, 0.2) is 0 Å². The van der Waals surface area contributed by atoms with E-state index in [1.807, 2.05) is 31.1 Å². The molecule has 2 atom stereocenters.